The summed E-state index contributed by atoms with van der Waals surface area (Å²) in [4.78, 5) is 38.8. The molecule has 1 saturated heterocycles. The van der Waals surface area contributed by atoms with Gasteiger partial charge in [0.1, 0.15) is 5.82 Å². The van der Waals surface area contributed by atoms with Crippen LogP contribution in [0, 0.1) is 18.7 Å². The molecule has 0 aromatic heterocycles. The van der Waals surface area contributed by atoms with Crippen LogP contribution in [0.5, 0.6) is 0 Å². The standard InChI is InChI=1S/C18H23FN2O4/c1-11(2)20(7-6-17(23)24)18(25)13-9-16(22)21(10-13)14-4-5-15(19)12(3)8-14/h4-5,8,11,13H,6-7,9-10H2,1-3H3,(H,23,24). The molecule has 0 aliphatic carbocycles. The number of aliphatic carboxylic acids is 1. The Morgan fingerprint density at radius 1 is 1.40 bits per heavy atom. The Labute approximate surface area is 146 Å². The second kappa shape index (κ2) is 7.63. The molecular formula is C18H23FN2O4. The summed E-state index contributed by atoms with van der Waals surface area (Å²) in [5.41, 5.74) is 1.01. The lowest BCUT2D eigenvalue weighted by Crippen LogP contribution is -2.42. The van der Waals surface area contributed by atoms with Gasteiger partial charge in [-0.15, -0.1) is 0 Å². The average Bonchev–Trinajstić information content (AvgIpc) is 2.91. The van der Waals surface area contributed by atoms with E-state index in [2.05, 4.69) is 0 Å². The molecule has 1 aromatic rings. The van der Waals surface area contributed by atoms with Gasteiger partial charge < -0.3 is 14.9 Å². The molecule has 1 N–H and O–H groups in total. The molecule has 0 saturated carbocycles. The second-order valence-corrected chi connectivity index (χ2v) is 6.61. The number of anilines is 1. The van der Waals surface area contributed by atoms with Gasteiger partial charge in [-0.05, 0) is 44.5 Å². The Hall–Kier alpha value is -2.44. The third-order valence-corrected chi connectivity index (χ3v) is 4.40. The van der Waals surface area contributed by atoms with Gasteiger partial charge in [0.05, 0.1) is 12.3 Å². The van der Waals surface area contributed by atoms with Crippen LogP contribution in [0.2, 0.25) is 0 Å². The number of hydrogen-bond acceptors (Lipinski definition) is 3. The van der Waals surface area contributed by atoms with Crippen LogP contribution in [0.15, 0.2) is 18.2 Å². The summed E-state index contributed by atoms with van der Waals surface area (Å²) in [6, 6.07) is 4.27. The predicted octanol–water partition coefficient (Wildman–Crippen LogP) is 2.20. The average molecular weight is 350 g/mol. The van der Waals surface area contributed by atoms with Crippen LogP contribution in [0.1, 0.15) is 32.3 Å². The van der Waals surface area contributed by atoms with E-state index in [9.17, 15) is 18.8 Å². The monoisotopic (exact) mass is 350 g/mol. The van der Waals surface area contributed by atoms with Gasteiger partial charge in [0, 0.05) is 31.2 Å². The molecule has 1 unspecified atom stereocenters. The number of rotatable bonds is 6. The van der Waals surface area contributed by atoms with E-state index in [-0.39, 0.29) is 49.6 Å². The molecule has 2 amide bonds. The van der Waals surface area contributed by atoms with Crippen molar-refractivity contribution in [3.63, 3.8) is 0 Å². The Balaban J connectivity index is 2.13. The van der Waals surface area contributed by atoms with Gasteiger partial charge in [0.15, 0.2) is 0 Å². The molecule has 0 radical (unpaired) electrons. The highest BCUT2D eigenvalue weighted by molar-refractivity contribution is 6.00. The maximum absolute atomic E-state index is 13.4. The van der Waals surface area contributed by atoms with Crippen molar-refractivity contribution in [3.05, 3.63) is 29.6 Å². The topological polar surface area (TPSA) is 77.9 Å². The van der Waals surface area contributed by atoms with Gasteiger partial charge in [0.2, 0.25) is 11.8 Å². The van der Waals surface area contributed by atoms with E-state index in [1.807, 2.05) is 13.8 Å². The molecule has 1 aliphatic heterocycles. The van der Waals surface area contributed by atoms with Crippen molar-refractivity contribution in [2.24, 2.45) is 5.92 Å². The zero-order chi connectivity index (χ0) is 18.7. The molecule has 0 spiro atoms. The maximum atomic E-state index is 13.4. The van der Waals surface area contributed by atoms with E-state index in [0.717, 1.165) is 0 Å². The van der Waals surface area contributed by atoms with Crippen LogP contribution in [0.3, 0.4) is 0 Å². The molecule has 136 valence electrons. The van der Waals surface area contributed by atoms with Crippen molar-refractivity contribution in [3.8, 4) is 0 Å². The molecule has 6 nitrogen and oxygen atoms in total. The highest BCUT2D eigenvalue weighted by Crippen LogP contribution is 2.28. The predicted molar refractivity (Wildman–Crippen MR) is 90.7 cm³/mol. The molecule has 1 atom stereocenters. The molecule has 0 bridgehead atoms. The number of halogens is 1. The number of nitrogens with zero attached hydrogens (tertiary/aromatic N) is 2. The number of aryl methyl sites for hydroxylation is 1. The Morgan fingerprint density at radius 3 is 2.64 bits per heavy atom. The summed E-state index contributed by atoms with van der Waals surface area (Å²) < 4.78 is 13.4. The normalized spacial score (nSPS) is 17.2. The summed E-state index contributed by atoms with van der Waals surface area (Å²) in [6.45, 7) is 5.59. The molecule has 2 rings (SSSR count). The summed E-state index contributed by atoms with van der Waals surface area (Å²) in [5.74, 6) is -2.24. The molecule has 7 heteroatoms. The number of carboxylic acids is 1. The molecule has 1 heterocycles. The largest absolute Gasteiger partial charge is 0.481 e. The van der Waals surface area contributed by atoms with Crippen molar-refractivity contribution < 1.29 is 23.9 Å². The fraction of sp³-hybridized carbons (Fsp3) is 0.500. The molecule has 1 fully saturated rings. The highest BCUT2D eigenvalue weighted by atomic mass is 19.1. The van der Waals surface area contributed by atoms with Crippen LogP contribution in [-0.4, -0.2) is 46.9 Å². The Bertz CT molecular complexity index is 690. The van der Waals surface area contributed by atoms with E-state index >= 15 is 0 Å². The van der Waals surface area contributed by atoms with Crippen molar-refractivity contribution in [2.75, 3.05) is 18.0 Å². The van der Waals surface area contributed by atoms with Crippen LogP contribution < -0.4 is 4.90 Å². The van der Waals surface area contributed by atoms with E-state index in [1.54, 1.807) is 13.0 Å². The first-order chi connectivity index (χ1) is 11.7. The fourth-order valence-corrected chi connectivity index (χ4v) is 2.99. The number of benzene rings is 1. The fourth-order valence-electron chi connectivity index (χ4n) is 2.99. The minimum atomic E-state index is -0.968. The van der Waals surface area contributed by atoms with Crippen molar-refractivity contribution >= 4 is 23.5 Å². The third-order valence-electron chi connectivity index (χ3n) is 4.40. The van der Waals surface area contributed by atoms with Crippen LogP contribution >= 0.6 is 0 Å². The Kier molecular flexibility index (Phi) is 5.77. The lowest BCUT2D eigenvalue weighted by atomic mass is 10.1. The Morgan fingerprint density at radius 2 is 2.08 bits per heavy atom. The molecular weight excluding hydrogens is 327 g/mol. The van der Waals surface area contributed by atoms with Gasteiger partial charge in [-0.2, -0.15) is 0 Å². The second-order valence-electron chi connectivity index (χ2n) is 6.61. The first kappa shape index (κ1) is 18.9. The first-order valence-electron chi connectivity index (χ1n) is 8.29. The summed E-state index contributed by atoms with van der Waals surface area (Å²) in [5, 5.41) is 8.84. The SMILES string of the molecule is Cc1cc(N2CC(C(=O)N(CCC(=O)O)C(C)C)CC2=O)ccc1F. The van der Waals surface area contributed by atoms with Gasteiger partial charge in [-0.25, -0.2) is 4.39 Å². The molecule has 25 heavy (non-hydrogen) atoms. The maximum Gasteiger partial charge on any atom is 0.305 e. The van der Waals surface area contributed by atoms with E-state index in [0.29, 0.717) is 11.3 Å². The van der Waals surface area contributed by atoms with E-state index < -0.39 is 11.9 Å². The van der Waals surface area contributed by atoms with E-state index in [4.69, 9.17) is 5.11 Å². The van der Waals surface area contributed by atoms with Crippen LogP contribution in [0.25, 0.3) is 0 Å². The number of carbonyl (C=O) groups excluding carboxylic acids is 2. The van der Waals surface area contributed by atoms with Gasteiger partial charge in [-0.1, -0.05) is 0 Å². The lowest BCUT2D eigenvalue weighted by Gasteiger charge is -2.28. The van der Waals surface area contributed by atoms with Gasteiger partial charge in [-0.3, -0.25) is 14.4 Å². The van der Waals surface area contributed by atoms with Crippen LogP contribution in [-0.2, 0) is 14.4 Å². The van der Waals surface area contributed by atoms with Crippen molar-refractivity contribution in [2.45, 2.75) is 39.7 Å². The number of hydrogen-bond donors (Lipinski definition) is 1. The minimum Gasteiger partial charge on any atom is -0.481 e. The summed E-state index contributed by atoms with van der Waals surface area (Å²) >= 11 is 0. The van der Waals surface area contributed by atoms with Crippen molar-refractivity contribution in [1.82, 2.24) is 4.90 Å². The zero-order valence-corrected chi connectivity index (χ0v) is 14.7. The van der Waals surface area contributed by atoms with Crippen molar-refractivity contribution in [1.29, 1.82) is 0 Å². The highest BCUT2D eigenvalue weighted by Gasteiger charge is 2.37. The number of amides is 2. The number of carboxylic acid groups (broad SMARTS) is 1. The lowest BCUT2D eigenvalue weighted by molar-refractivity contribution is -0.141. The number of carbonyl (C=O) groups is 3. The van der Waals surface area contributed by atoms with Gasteiger partial charge >= 0.3 is 5.97 Å². The molecule has 1 aliphatic rings. The van der Waals surface area contributed by atoms with E-state index in [1.165, 1.54) is 21.9 Å². The minimum absolute atomic E-state index is 0.0749. The zero-order valence-electron chi connectivity index (χ0n) is 14.7. The third kappa shape index (κ3) is 4.35. The van der Waals surface area contributed by atoms with Gasteiger partial charge in [0.25, 0.3) is 0 Å². The smallest absolute Gasteiger partial charge is 0.305 e. The summed E-state index contributed by atoms with van der Waals surface area (Å²) in [7, 11) is 0. The first-order valence-corrected chi connectivity index (χ1v) is 8.29. The van der Waals surface area contributed by atoms with Crippen LogP contribution in [0.4, 0.5) is 10.1 Å². The quantitative estimate of drug-likeness (QED) is 0.853. The molecule has 1 aromatic carbocycles. The summed E-state index contributed by atoms with van der Waals surface area (Å²) in [6.07, 6.45) is -0.0585.